The highest BCUT2D eigenvalue weighted by Crippen LogP contribution is 1.96. The van der Waals surface area contributed by atoms with Gasteiger partial charge < -0.3 is 5.11 Å². The van der Waals surface area contributed by atoms with Crippen LogP contribution in [-0.4, -0.2) is 43.9 Å². The highest BCUT2D eigenvalue weighted by molar-refractivity contribution is 7.87. The summed E-state index contributed by atoms with van der Waals surface area (Å²) in [7, 11) is -2.27. The summed E-state index contributed by atoms with van der Waals surface area (Å²) in [5.74, 6) is -1.03. The first kappa shape index (κ1) is 14.1. The van der Waals surface area contributed by atoms with E-state index in [-0.39, 0.29) is 19.5 Å². The van der Waals surface area contributed by atoms with Crippen LogP contribution in [0.15, 0.2) is 12.2 Å². The molecule has 2 N–H and O–H groups in total. The zero-order valence-electron chi connectivity index (χ0n) is 8.86. The number of nitrogens with one attached hydrogen (secondary N) is 1. The number of hydrogen-bond acceptors (Lipinski definition) is 3. The van der Waals surface area contributed by atoms with Crippen molar-refractivity contribution in [3.63, 3.8) is 0 Å². The average Bonchev–Trinajstić information content (AvgIpc) is 2.11. The van der Waals surface area contributed by atoms with Crippen molar-refractivity contribution in [2.45, 2.75) is 13.3 Å². The van der Waals surface area contributed by atoms with Gasteiger partial charge in [0.15, 0.2) is 0 Å². The van der Waals surface area contributed by atoms with Crippen molar-refractivity contribution in [3.05, 3.63) is 12.2 Å². The molecule has 0 saturated carbocycles. The molecule has 6 nitrogen and oxygen atoms in total. The normalized spacial score (nSPS) is 11.7. The Morgan fingerprint density at radius 2 is 2.07 bits per heavy atom. The van der Waals surface area contributed by atoms with Crippen LogP contribution in [0.25, 0.3) is 0 Å². The highest BCUT2D eigenvalue weighted by atomic mass is 32.2. The third kappa shape index (κ3) is 6.21. The summed E-state index contributed by atoms with van der Waals surface area (Å²) in [6.45, 7) is 5.34. The summed E-state index contributed by atoms with van der Waals surface area (Å²) in [5, 5.41) is 8.39. The van der Waals surface area contributed by atoms with Crippen molar-refractivity contribution in [2.75, 3.05) is 20.1 Å². The Balaban J connectivity index is 4.20. The Kier molecular flexibility index (Phi) is 5.48. The van der Waals surface area contributed by atoms with E-state index in [2.05, 4.69) is 11.3 Å². The van der Waals surface area contributed by atoms with Crippen molar-refractivity contribution in [3.8, 4) is 0 Å². The van der Waals surface area contributed by atoms with Gasteiger partial charge in [0.2, 0.25) is 0 Å². The zero-order valence-corrected chi connectivity index (χ0v) is 9.67. The fraction of sp³-hybridized carbons (Fsp3) is 0.625. The van der Waals surface area contributed by atoms with Crippen molar-refractivity contribution >= 4 is 16.2 Å². The second kappa shape index (κ2) is 5.84. The molecule has 0 rings (SSSR count). The van der Waals surface area contributed by atoms with Gasteiger partial charge in [0, 0.05) is 20.1 Å². The van der Waals surface area contributed by atoms with Crippen molar-refractivity contribution in [1.82, 2.24) is 9.03 Å². The molecule has 0 heterocycles. The van der Waals surface area contributed by atoms with Gasteiger partial charge in [0.1, 0.15) is 0 Å². The average molecular weight is 236 g/mol. The molecule has 0 spiro atoms. The number of aliphatic carboxylic acids is 1. The molecule has 88 valence electrons. The van der Waals surface area contributed by atoms with Crippen LogP contribution >= 0.6 is 0 Å². The molecule has 0 fully saturated rings. The van der Waals surface area contributed by atoms with E-state index < -0.39 is 16.2 Å². The lowest BCUT2D eigenvalue weighted by Crippen LogP contribution is -2.39. The Morgan fingerprint density at radius 1 is 1.53 bits per heavy atom. The van der Waals surface area contributed by atoms with Crippen molar-refractivity contribution in [2.24, 2.45) is 0 Å². The van der Waals surface area contributed by atoms with E-state index in [1.807, 2.05) is 0 Å². The molecule has 0 aromatic heterocycles. The Hall–Kier alpha value is -0.920. The second-order valence-electron chi connectivity index (χ2n) is 3.25. The molecule has 15 heavy (non-hydrogen) atoms. The maximum atomic E-state index is 11.4. The molecule has 0 saturated heterocycles. The first-order valence-electron chi connectivity index (χ1n) is 4.33. The lowest BCUT2D eigenvalue weighted by molar-refractivity contribution is -0.137. The van der Waals surface area contributed by atoms with Crippen molar-refractivity contribution in [1.29, 1.82) is 0 Å². The van der Waals surface area contributed by atoms with Crippen LogP contribution in [0.2, 0.25) is 0 Å². The number of nitrogens with zero attached hydrogens (tertiary/aromatic N) is 1. The van der Waals surface area contributed by atoms with Crippen LogP contribution in [0.4, 0.5) is 0 Å². The van der Waals surface area contributed by atoms with Gasteiger partial charge in [0.05, 0.1) is 6.42 Å². The molecule has 0 radical (unpaired) electrons. The Labute approximate surface area is 89.8 Å². The van der Waals surface area contributed by atoms with E-state index in [9.17, 15) is 13.2 Å². The SMILES string of the molecule is C=C(C)CNS(=O)(=O)N(C)CCC(=O)O. The third-order valence-corrected chi connectivity index (χ3v) is 3.12. The monoisotopic (exact) mass is 236 g/mol. The molecule has 0 bridgehead atoms. The van der Waals surface area contributed by atoms with Gasteiger partial charge >= 0.3 is 5.97 Å². The summed E-state index contributed by atoms with van der Waals surface area (Å²) >= 11 is 0. The first-order chi connectivity index (χ1) is 6.75. The van der Waals surface area contributed by atoms with E-state index >= 15 is 0 Å². The minimum Gasteiger partial charge on any atom is -0.481 e. The fourth-order valence-electron chi connectivity index (χ4n) is 0.698. The molecule has 0 unspecified atom stereocenters. The van der Waals surface area contributed by atoms with Gasteiger partial charge in [0.25, 0.3) is 10.2 Å². The lowest BCUT2D eigenvalue weighted by atomic mass is 10.4. The molecule has 0 aromatic carbocycles. The van der Waals surface area contributed by atoms with Crippen LogP contribution in [0.5, 0.6) is 0 Å². The largest absolute Gasteiger partial charge is 0.481 e. The Bertz CT molecular complexity index is 337. The van der Waals surface area contributed by atoms with Crippen LogP contribution in [0.3, 0.4) is 0 Å². The first-order valence-corrected chi connectivity index (χ1v) is 5.77. The van der Waals surface area contributed by atoms with Gasteiger partial charge in [-0.15, -0.1) is 0 Å². The van der Waals surface area contributed by atoms with Crippen LogP contribution in [0, 0.1) is 0 Å². The predicted octanol–water partition coefficient (Wildman–Crippen LogP) is -0.197. The van der Waals surface area contributed by atoms with E-state index in [0.29, 0.717) is 5.57 Å². The molecule has 0 atom stereocenters. The number of carbonyl (C=O) groups is 1. The topological polar surface area (TPSA) is 86.7 Å². The minimum absolute atomic E-state index is 0.0547. The summed E-state index contributed by atoms with van der Waals surface area (Å²) in [4.78, 5) is 10.2. The summed E-state index contributed by atoms with van der Waals surface area (Å²) in [5.41, 5.74) is 0.685. The van der Waals surface area contributed by atoms with Crippen LogP contribution in [0.1, 0.15) is 13.3 Å². The van der Waals surface area contributed by atoms with E-state index in [4.69, 9.17) is 5.11 Å². The summed E-state index contributed by atoms with van der Waals surface area (Å²) < 4.78 is 26.1. The van der Waals surface area contributed by atoms with Gasteiger partial charge in [-0.3, -0.25) is 4.79 Å². The molecule has 0 aromatic rings. The fourth-order valence-corrected chi connectivity index (χ4v) is 1.68. The number of carboxylic acids is 1. The smallest absolute Gasteiger partial charge is 0.304 e. The lowest BCUT2D eigenvalue weighted by Gasteiger charge is -2.16. The quantitative estimate of drug-likeness (QED) is 0.599. The van der Waals surface area contributed by atoms with Gasteiger partial charge in [-0.25, -0.2) is 0 Å². The number of hydrogen-bond donors (Lipinski definition) is 2. The van der Waals surface area contributed by atoms with E-state index in [0.717, 1.165) is 4.31 Å². The maximum absolute atomic E-state index is 11.4. The number of rotatable bonds is 7. The molecule has 0 aliphatic carbocycles. The molecule has 0 aliphatic rings. The van der Waals surface area contributed by atoms with Gasteiger partial charge in [-0.05, 0) is 6.92 Å². The highest BCUT2D eigenvalue weighted by Gasteiger charge is 2.17. The van der Waals surface area contributed by atoms with Crippen LogP contribution < -0.4 is 4.72 Å². The molecular formula is C8H16N2O4S. The van der Waals surface area contributed by atoms with Gasteiger partial charge in [-0.1, -0.05) is 12.2 Å². The summed E-state index contributed by atoms with van der Waals surface area (Å²) in [6, 6.07) is 0. The van der Waals surface area contributed by atoms with Crippen LogP contribution in [-0.2, 0) is 15.0 Å². The van der Waals surface area contributed by atoms with E-state index in [1.54, 1.807) is 6.92 Å². The second-order valence-corrected chi connectivity index (χ2v) is 5.11. The van der Waals surface area contributed by atoms with Crippen molar-refractivity contribution < 1.29 is 18.3 Å². The van der Waals surface area contributed by atoms with E-state index in [1.165, 1.54) is 7.05 Å². The third-order valence-electron chi connectivity index (χ3n) is 1.61. The maximum Gasteiger partial charge on any atom is 0.304 e. The molecule has 0 amide bonds. The zero-order chi connectivity index (χ0) is 12.1. The summed E-state index contributed by atoms with van der Waals surface area (Å²) in [6.07, 6.45) is -0.218. The number of carboxylic acid groups (broad SMARTS) is 1. The minimum atomic E-state index is -3.59. The molecular weight excluding hydrogens is 220 g/mol. The van der Waals surface area contributed by atoms with Gasteiger partial charge in [-0.2, -0.15) is 17.4 Å². The molecule has 0 aliphatic heterocycles. The predicted molar refractivity (Wildman–Crippen MR) is 56.6 cm³/mol. The molecule has 7 heteroatoms. The Morgan fingerprint density at radius 3 is 2.47 bits per heavy atom. The standard InChI is InChI=1S/C8H16N2O4S/c1-7(2)6-9-15(13,14)10(3)5-4-8(11)12/h9H,1,4-6H2,2-3H3,(H,11,12).